The smallest absolute Gasteiger partial charge is 0.354 e. The molecule has 0 aliphatic rings. The molecule has 0 amide bonds. The Morgan fingerprint density at radius 1 is 1.19 bits per heavy atom. The topological polar surface area (TPSA) is 108 Å². The van der Waals surface area contributed by atoms with E-state index in [1.165, 1.54) is 19.1 Å². The molecule has 0 aliphatic heterocycles. The molecule has 0 aliphatic carbocycles. The number of halogens is 1. The van der Waals surface area contributed by atoms with Crippen LogP contribution < -0.4 is 10.1 Å². The number of H-pyrrole nitrogens is 1. The van der Waals surface area contributed by atoms with Crippen molar-refractivity contribution in [1.82, 2.24) is 4.98 Å². The molecule has 0 bridgehead atoms. The molecule has 3 aromatic rings. The van der Waals surface area contributed by atoms with E-state index in [9.17, 15) is 19.5 Å². The van der Waals surface area contributed by atoms with Crippen molar-refractivity contribution >= 4 is 45.9 Å². The van der Waals surface area contributed by atoms with Crippen molar-refractivity contribution in [2.45, 2.75) is 6.92 Å². The summed E-state index contributed by atoms with van der Waals surface area (Å²) in [6.07, 6.45) is 0. The second kappa shape index (κ2) is 7.51. The molecule has 0 unspecified atom stereocenters. The van der Waals surface area contributed by atoms with Gasteiger partial charge in [-0.25, -0.2) is 4.79 Å². The van der Waals surface area contributed by atoms with Crippen LogP contribution in [0.1, 0.15) is 27.8 Å². The van der Waals surface area contributed by atoms with Crippen LogP contribution in [-0.2, 0) is 4.79 Å². The zero-order chi connectivity index (χ0) is 19.6. The van der Waals surface area contributed by atoms with E-state index in [2.05, 4.69) is 10.3 Å². The average Bonchev–Trinajstić information content (AvgIpc) is 2.97. The number of aromatic carboxylic acids is 1. The number of fused-ring (bicyclic) bond motifs is 1. The summed E-state index contributed by atoms with van der Waals surface area (Å²) in [5, 5.41) is 13.3. The number of carbonyl (C=O) groups excluding carboxylic acids is 2. The molecule has 0 saturated carbocycles. The number of esters is 1. The summed E-state index contributed by atoms with van der Waals surface area (Å²) < 4.78 is 5.05. The number of aromatic nitrogens is 1. The first-order chi connectivity index (χ1) is 12.9. The minimum atomic E-state index is -1.17. The fraction of sp³-hybridized carbons (Fsp3) is 0.105. The highest BCUT2D eigenvalue weighted by molar-refractivity contribution is 6.31. The van der Waals surface area contributed by atoms with Gasteiger partial charge in [0.2, 0.25) is 0 Å². The number of carboxylic acids is 1. The first-order valence-corrected chi connectivity index (χ1v) is 8.33. The average molecular weight is 387 g/mol. The number of Topliss-reactive ketones (excluding diaryl/α,β-unsaturated/α-hetero) is 1. The lowest BCUT2D eigenvalue weighted by Gasteiger charge is -2.10. The second-order valence-electron chi connectivity index (χ2n) is 5.74. The first-order valence-electron chi connectivity index (χ1n) is 7.96. The summed E-state index contributed by atoms with van der Waals surface area (Å²) in [5.41, 5.74) is 0.968. The summed E-state index contributed by atoms with van der Waals surface area (Å²) in [6, 6.07) is 11.3. The summed E-state index contributed by atoms with van der Waals surface area (Å²) in [7, 11) is 0. The maximum atomic E-state index is 12.6. The maximum absolute atomic E-state index is 12.6. The van der Waals surface area contributed by atoms with Crippen molar-refractivity contribution in [2.24, 2.45) is 0 Å². The molecule has 3 N–H and O–H groups in total. The van der Waals surface area contributed by atoms with E-state index < -0.39 is 11.9 Å². The predicted molar refractivity (Wildman–Crippen MR) is 101 cm³/mol. The Morgan fingerprint density at radius 2 is 1.93 bits per heavy atom. The van der Waals surface area contributed by atoms with Gasteiger partial charge in [-0.05, 0) is 30.3 Å². The molecule has 1 aromatic heterocycles. The largest absolute Gasteiger partial charge is 0.477 e. The van der Waals surface area contributed by atoms with Crippen molar-refractivity contribution in [3.8, 4) is 5.75 Å². The van der Waals surface area contributed by atoms with Crippen LogP contribution in [0.4, 0.5) is 5.69 Å². The molecule has 0 fully saturated rings. The monoisotopic (exact) mass is 386 g/mol. The molecule has 0 spiro atoms. The minimum Gasteiger partial charge on any atom is -0.477 e. The normalized spacial score (nSPS) is 10.6. The molecule has 7 nitrogen and oxygen atoms in total. The van der Waals surface area contributed by atoms with Crippen LogP contribution in [0.2, 0.25) is 5.02 Å². The van der Waals surface area contributed by atoms with E-state index in [-0.39, 0.29) is 35.0 Å². The van der Waals surface area contributed by atoms with Gasteiger partial charge >= 0.3 is 11.9 Å². The number of benzene rings is 2. The Labute approximate surface area is 158 Å². The van der Waals surface area contributed by atoms with Gasteiger partial charge in [0.15, 0.2) is 5.78 Å². The fourth-order valence-corrected chi connectivity index (χ4v) is 2.89. The quantitative estimate of drug-likeness (QED) is 0.338. The molecule has 138 valence electrons. The number of hydrogen-bond donors (Lipinski definition) is 3. The third kappa shape index (κ3) is 3.93. The van der Waals surface area contributed by atoms with E-state index in [0.717, 1.165) is 0 Å². The lowest BCUT2D eigenvalue weighted by molar-refractivity contribution is -0.131. The summed E-state index contributed by atoms with van der Waals surface area (Å²) in [5.74, 6) is -1.91. The molecule has 0 saturated heterocycles. The van der Waals surface area contributed by atoms with Crippen LogP contribution in [0.25, 0.3) is 10.9 Å². The molecule has 2 aromatic carbocycles. The number of para-hydroxylation sites is 1. The number of anilines is 1. The molecule has 0 radical (unpaired) electrons. The molecule has 8 heteroatoms. The standard InChI is InChI=1S/C19H15ClN2O5/c1-10(23)27-16-5-3-2-4-13(16)15(24)9-21-17-12-7-6-11(20)8-14(12)22-18(17)19(25)26/h2-8,21-22H,9H2,1H3,(H,25,26). The van der Waals surface area contributed by atoms with Crippen LogP contribution in [0.15, 0.2) is 42.5 Å². The van der Waals surface area contributed by atoms with Crippen molar-refractivity contribution in [2.75, 3.05) is 11.9 Å². The molecule has 3 rings (SSSR count). The third-order valence-electron chi connectivity index (χ3n) is 3.84. The van der Waals surface area contributed by atoms with Crippen LogP contribution in [-0.4, -0.2) is 34.4 Å². The van der Waals surface area contributed by atoms with Gasteiger partial charge in [-0.3, -0.25) is 9.59 Å². The molecular weight excluding hydrogens is 372 g/mol. The van der Waals surface area contributed by atoms with Crippen molar-refractivity contribution in [3.05, 3.63) is 58.7 Å². The summed E-state index contributed by atoms with van der Waals surface area (Å²) in [6.45, 7) is 1.06. The number of rotatable bonds is 6. The van der Waals surface area contributed by atoms with Crippen molar-refractivity contribution in [3.63, 3.8) is 0 Å². The predicted octanol–water partition coefficient (Wildman–Crippen LogP) is 3.74. The highest BCUT2D eigenvalue weighted by Gasteiger charge is 2.19. The van der Waals surface area contributed by atoms with E-state index in [1.54, 1.807) is 30.3 Å². The van der Waals surface area contributed by atoms with Crippen LogP contribution in [0.3, 0.4) is 0 Å². The van der Waals surface area contributed by atoms with Gasteiger partial charge in [-0.15, -0.1) is 0 Å². The molecule has 27 heavy (non-hydrogen) atoms. The molecule has 0 atom stereocenters. The Morgan fingerprint density at radius 3 is 2.63 bits per heavy atom. The van der Waals surface area contributed by atoms with Gasteiger partial charge in [0.1, 0.15) is 11.4 Å². The Hall–Kier alpha value is -3.32. The number of nitrogens with one attached hydrogen (secondary N) is 2. The molecule has 1 heterocycles. The zero-order valence-corrected chi connectivity index (χ0v) is 15.0. The Bertz CT molecular complexity index is 1060. The number of ketones is 1. The number of hydrogen-bond acceptors (Lipinski definition) is 5. The molecular formula is C19H15ClN2O5. The van der Waals surface area contributed by atoms with E-state index in [1.807, 2.05) is 0 Å². The van der Waals surface area contributed by atoms with Crippen LogP contribution in [0.5, 0.6) is 5.75 Å². The van der Waals surface area contributed by atoms with Crippen molar-refractivity contribution in [1.29, 1.82) is 0 Å². The lowest BCUT2D eigenvalue weighted by atomic mass is 10.1. The number of carboxylic acid groups (broad SMARTS) is 1. The van der Waals surface area contributed by atoms with Crippen molar-refractivity contribution < 1.29 is 24.2 Å². The van der Waals surface area contributed by atoms with Gasteiger partial charge < -0.3 is 20.1 Å². The second-order valence-corrected chi connectivity index (χ2v) is 6.17. The highest BCUT2D eigenvalue weighted by atomic mass is 35.5. The van der Waals surface area contributed by atoms with Gasteiger partial charge in [0.25, 0.3) is 0 Å². The Kier molecular flexibility index (Phi) is 5.14. The first kappa shape index (κ1) is 18.5. The summed E-state index contributed by atoms with van der Waals surface area (Å²) >= 11 is 5.94. The van der Waals surface area contributed by atoms with Crippen LogP contribution >= 0.6 is 11.6 Å². The number of aromatic amines is 1. The SMILES string of the molecule is CC(=O)Oc1ccccc1C(=O)CNc1c(C(=O)O)[nH]c2cc(Cl)ccc12. The van der Waals surface area contributed by atoms with Gasteiger partial charge in [0.05, 0.1) is 17.8 Å². The third-order valence-corrected chi connectivity index (χ3v) is 4.08. The van der Waals surface area contributed by atoms with E-state index in [0.29, 0.717) is 15.9 Å². The van der Waals surface area contributed by atoms with E-state index in [4.69, 9.17) is 16.3 Å². The van der Waals surface area contributed by atoms with E-state index >= 15 is 0 Å². The van der Waals surface area contributed by atoms with Gasteiger partial charge in [-0.2, -0.15) is 0 Å². The summed E-state index contributed by atoms with van der Waals surface area (Å²) in [4.78, 5) is 38.1. The Balaban J connectivity index is 1.89. The highest BCUT2D eigenvalue weighted by Crippen LogP contribution is 2.30. The van der Waals surface area contributed by atoms with Gasteiger partial charge in [0, 0.05) is 22.8 Å². The minimum absolute atomic E-state index is 0.0756. The number of carbonyl (C=O) groups is 3. The lowest BCUT2D eigenvalue weighted by Crippen LogP contribution is -2.17. The number of ether oxygens (including phenoxy) is 1. The van der Waals surface area contributed by atoms with Crippen LogP contribution in [0, 0.1) is 0 Å². The van der Waals surface area contributed by atoms with Gasteiger partial charge in [-0.1, -0.05) is 23.7 Å². The maximum Gasteiger partial charge on any atom is 0.354 e. The fourth-order valence-electron chi connectivity index (χ4n) is 2.72. The zero-order valence-electron chi connectivity index (χ0n) is 14.2.